The van der Waals surface area contributed by atoms with Crippen LogP contribution in [0, 0.1) is 23.7 Å². The standard InChI is InChI=1S/2C32H19NO2S2/c2*34-31-25-23-19-12-6-7-13-20(19)24(26(25)32(35)33(31)18-10-2-1-3-11-18)29-27(23)30-28(37-29)21-14-16-8-4-5-9-17(16)15-22(21)36-30/h2*1-15,23-26H/t2*23-,24+,25?,26?/m00/s1. The van der Waals surface area contributed by atoms with Crippen molar-refractivity contribution in [2.24, 2.45) is 23.7 Å². The van der Waals surface area contributed by atoms with Gasteiger partial charge in [-0.3, -0.25) is 19.2 Å². The van der Waals surface area contributed by atoms with Crippen molar-refractivity contribution < 1.29 is 19.2 Å². The molecule has 4 amide bonds. The van der Waals surface area contributed by atoms with E-state index >= 15 is 0 Å². The second-order valence-electron chi connectivity index (χ2n) is 20.6. The predicted molar refractivity (Wildman–Crippen MR) is 302 cm³/mol. The summed E-state index contributed by atoms with van der Waals surface area (Å²) in [5.74, 6) is -1.97. The Kier molecular flexibility index (Phi) is 8.49. The number of nitrogens with zero attached hydrogens (tertiary/aromatic N) is 2. The van der Waals surface area contributed by atoms with E-state index in [4.69, 9.17) is 0 Å². The minimum Gasteiger partial charge on any atom is -0.274 e. The maximum absolute atomic E-state index is 14.1. The van der Waals surface area contributed by atoms with E-state index in [1.165, 1.54) is 113 Å². The van der Waals surface area contributed by atoms with Crippen molar-refractivity contribution in [3.8, 4) is 0 Å². The van der Waals surface area contributed by atoms with Crippen LogP contribution in [0.2, 0.25) is 0 Å². The fourth-order valence-corrected chi connectivity index (χ4v) is 20.5. The first-order chi connectivity index (χ1) is 36.4. The Morgan fingerprint density at radius 3 is 1.00 bits per heavy atom. The SMILES string of the molecule is O=C1C2C(C(=O)N1c1ccccc1)[C@H]1c3ccccc3[C@@H]2c2c1sc1c2sc2cc3ccccc3cc21.O=C1C2C(C(=O)N1c1ccccc1)[C@H]1c3ccccc3[C@@H]2c2c1sc1c2sc2cc3ccccc3cc21. The minimum atomic E-state index is -0.359. The Morgan fingerprint density at radius 2 is 0.622 bits per heavy atom. The van der Waals surface area contributed by atoms with Crippen LogP contribution in [0.25, 0.3) is 60.5 Å². The number of hydrogen-bond acceptors (Lipinski definition) is 8. The van der Waals surface area contributed by atoms with Gasteiger partial charge in [0, 0.05) is 53.6 Å². The van der Waals surface area contributed by atoms with E-state index in [0.29, 0.717) is 11.4 Å². The largest absolute Gasteiger partial charge is 0.274 e. The molecule has 0 radical (unpaired) electrons. The molecule has 8 atom stereocenters. The van der Waals surface area contributed by atoms with Gasteiger partial charge < -0.3 is 0 Å². The molecule has 2 fully saturated rings. The average molecular weight is 1030 g/mol. The van der Waals surface area contributed by atoms with Gasteiger partial charge in [0.25, 0.3) is 0 Å². The van der Waals surface area contributed by atoms with Crippen LogP contribution in [-0.4, -0.2) is 23.6 Å². The molecule has 8 aromatic carbocycles. The normalized spacial score (nSPS) is 23.7. The smallest absolute Gasteiger partial charge is 0.238 e. The van der Waals surface area contributed by atoms with Gasteiger partial charge in [0.2, 0.25) is 23.6 Å². The van der Waals surface area contributed by atoms with Crippen LogP contribution in [-0.2, 0) is 19.2 Å². The molecule has 74 heavy (non-hydrogen) atoms. The Balaban J connectivity index is 0.000000122. The minimum absolute atomic E-state index is 0.0519. The molecule has 352 valence electrons. The Labute approximate surface area is 439 Å². The lowest BCUT2D eigenvalue weighted by Gasteiger charge is -2.44. The van der Waals surface area contributed by atoms with E-state index < -0.39 is 0 Å². The van der Waals surface area contributed by atoms with Gasteiger partial charge >= 0.3 is 0 Å². The Bertz CT molecular complexity index is 4220. The van der Waals surface area contributed by atoms with Gasteiger partial charge in [-0.1, -0.05) is 133 Å². The quantitative estimate of drug-likeness (QED) is 0.162. The second kappa shape index (κ2) is 15.0. The number of benzene rings is 8. The van der Waals surface area contributed by atoms with Crippen molar-refractivity contribution in [2.75, 3.05) is 9.80 Å². The monoisotopic (exact) mass is 1030 g/mol. The molecule has 0 spiro atoms. The maximum Gasteiger partial charge on any atom is 0.238 e. The molecule has 4 aromatic heterocycles. The van der Waals surface area contributed by atoms with Gasteiger partial charge in [-0.25, -0.2) is 9.80 Å². The number of carbonyl (C=O) groups is 4. The molecule has 6 heterocycles. The fourth-order valence-electron chi connectivity index (χ4n) is 14.4. The third-order valence-corrected chi connectivity index (χ3v) is 22.5. The molecule has 10 heteroatoms. The first kappa shape index (κ1) is 41.8. The molecule has 2 saturated heterocycles. The number of hydrogen-bond donors (Lipinski definition) is 0. The van der Waals surface area contributed by atoms with Crippen molar-refractivity contribution in [1.29, 1.82) is 0 Å². The highest BCUT2D eigenvalue weighted by molar-refractivity contribution is 7.33. The molecule has 2 aliphatic heterocycles. The number of carbonyl (C=O) groups excluding carboxylic acids is 4. The highest BCUT2D eigenvalue weighted by atomic mass is 32.1. The highest BCUT2D eigenvalue weighted by Crippen LogP contribution is 2.68. The number of anilines is 2. The van der Waals surface area contributed by atoms with Gasteiger partial charge in [0.1, 0.15) is 0 Å². The number of thiophene rings is 4. The molecule has 0 saturated carbocycles. The van der Waals surface area contributed by atoms with E-state index in [1.807, 2.05) is 106 Å². The molecular formula is C64H38N2O4S4. The summed E-state index contributed by atoms with van der Waals surface area (Å²) in [4.78, 5) is 61.6. The first-order valence-corrected chi connectivity index (χ1v) is 28.5. The van der Waals surface area contributed by atoms with E-state index in [0.717, 1.165) is 0 Å². The van der Waals surface area contributed by atoms with Crippen LogP contribution in [0.3, 0.4) is 0 Å². The van der Waals surface area contributed by atoms with Crippen LogP contribution in [0.1, 0.15) is 66.8 Å². The van der Waals surface area contributed by atoms with Crippen LogP contribution in [0.5, 0.6) is 0 Å². The van der Waals surface area contributed by atoms with E-state index in [2.05, 4.69) is 121 Å². The zero-order chi connectivity index (χ0) is 48.8. The topological polar surface area (TPSA) is 74.8 Å². The summed E-state index contributed by atoms with van der Waals surface area (Å²) in [6.07, 6.45) is 0. The first-order valence-electron chi connectivity index (χ1n) is 25.2. The lowest BCUT2D eigenvalue weighted by molar-refractivity contribution is -0.124. The zero-order valence-corrected chi connectivity index (χ0v) is 42.4. The summed E-state index contributed by atoms with van der Waals surface area (Å²) in [5.41, 5.74) is 8.84. The Morgan fingerprint density at radius 1 is 0.311 bits per heavy atom. The summed E-state index contributed by atoms with van der Waals surface area (Å²) < 4.78 is 7.78. The number of imide groups is 2. The zero-order valence-electron chi connectivity index (χ0n) is 39.1. The molecular weight excluding hydrogens is 989 g/mol. The summed E-state index contributed by atoms with van der Waals surface area (Å²) in [5, 5.41) is 7.56. The average Bonchev–Trinajstić information content (AvgIpc) is 4.28. The van der Waals surface area contributed by atoms with Gasteiger partial charge in [-0.05, 0) is 103 Å². The second-order valence-corrected chi connectivity index (χ2v) is 24.8. The Hall–Kier alpha value is -7.60. The van der Waals surface area contributed by atoms with Gasteiger partial charge in [0.05, 0.1) is 53.8 Å². The third-order valence-electron chi connectivity index (χ3n) is 17.2. The van der Waals surface area contributed by atoms with Crippen molar-refractivity contribution in [3.63, 3.8) is 0 Å². The summed E-state index contributed by atoms with van der Waals surface area (Å²) in [7, 11) is 0. The van der Waals surface area contributed by atoms with E-state index in [-0.39, 0.29) is 71.0 Å². The molecule has 8 aliphatic rings. The maximum atomic E-state index is 14.1. The van der Waals surface area contributed by atoms with Gasteiger partial charge in [-0.2, -0.15) is 0 Å². The predicted octanol–water partition coefficient (Wildman–Crippen LogP) is 15.3. The molecule has 4 unspecified atom stereocenters. The summed E-state index contributed by atoms with van der Waals surface area (Å²) in [6, 6.07) is 62.1. The summed E-state index contributed by atoms with van der Waals surface area (Å²) >= 11 is 7.39. The van der Waals surface area contributed by atoms with E-state index in [9.17, 15) is 19.2 Å². The lowest BCUT2D eigenvalue weighted by Crippen LogP contribution is -2.40. The molecule has 0 N–H and O–H groups in total. The van der Waals surface area contributed by atoms with Crippen LogP contribution in [0.15, 0.2) is 182 Å². The van der Waals surface area contributed by atoms with Crippen LogP contribution in [0.4, 0.5) is 11.4 Å². The number of rotatable bonds is 2. The van der Waals surface area contributed by atoms with Crippen molar-refractivity contribution in [1.82, 2.24) is 0 Å². The lowest BCUT2D eigenvalue weighted by atomic mass is 9.57. The molecule has 20 rings (SSSR count). The van der Waals surface area contributed by atoms with Crippen molar-refractivity contribution in [2.45, 2.75) is 23.7 Å². The van der Waals surface area contributed by atoms with Crippen LogP contribution >= 0.6 is 45.3 Å². The third kappa shape index (κ3) is 5.33. The molecule has 6 aliphatic carbocycles. The highest BCUT2D eigenvalue weighted by Gasteiger charge is 2.64. The van der Waals surface area contributed by atoms with Crippen molar-refractivity contribution in [3.05, 3.63) is 225 Å². The molecule has 12 aromatic rings. The summed E-state index contributed by atoms with van der Waals surface area (Å²) in [6.45, 7) is 0. The van der Waals surface area contributed by atoms with E-state index in [1.54, 1.807) is 0 Å². The number of amides is 4. The van der Waals surface area contributed by atoms with Crippen LogP contribution < -0.4 is 9.80 Å². The van der Waals surface area contributed by atoms with Crippen molar-refractivity contribution >= 4 is 141 Å². The fraction of sp³-hybridized carbons (Fsp3) is 0.125. The van der Waals surface area contributed by atoms with Gasteiger partial charge in [-0.15, -0.1) is 45.3 Å². The molecule has 4 bridgehead atoms. The number of fused-ring (bicyclic) bond motifs is 8. The molecule has 6 nitrogen and oxygen atoms in total. The number of para-hydroxylation sites is 2. The van der Waals surface area contributed by atoms with Gasteiger partial charge in [0.15, 0.2) is 0 Å².